The van der Waals surface area contributed by atoms with Crippen LogP contribution in [0.2, 0.25) is 0 Å². The van der Waals surface area contributed by atoms with Crippen LogP contribution >= 0.6 is 0 Å². The Kier molecular flexibility index (Phi) is 6.21. The van der Waals surface area contributed by atoms with Crippen LogP contribution in [0.5, 0.6) is 5.75 Å². The summed E-state index contributed by atoms with van der Waals surface area (Å²) in [7, 11) is 1.67. The van der Waals surface area contributed by atoms with Crippen molar-refractivity contribution in [1.82, 2.24) is 4.57 Å². The molecule has 0 bridgehead atoms. The topological polar surface area (TPSA) is 18.0 Å². The minimum Gasteiger partial charge on any atom is -0.497 e. The van der Waals surface area contributed by atoms with E-state index in [-0.39, 0.29) is 5.82 Å². The third-order valence-electron chi connectivity index (χ3n) is 6.01. The zero-order chi connectivity index (χ0) is 23.3. The number of hydrogen-bond acceptors (Lipinski definition) is 1. The van der Waals surface area contributed by atoms with Crippen molar-refractivity contribution in [2.45, 2.75) is 13.0 Å². The molecule has 0 atom stereocenters. The first-order valence-electron chi connectivity index (χ1n) is 11.4. The van der Waals surface area contributed by atoms with Gasteiger partial charge in [-0.3, -0.25) is 0 Å². The van der Waals surface area contributed by atoms with Crippen LogP contribution in [0.1, 0.15) is 5.56 Å². The van der Waals surface area contributed by atoms with Gasteiger partial charge in [-0.25, -0.2) is 8.96 Å². The number of benzene rings is 4. The predicted molar refractivity (Wildman–Crippen MR) is 133 cm³/mol. The fraction of sp³-hybridized carbons (Fsp3) is 0.100. The summed E-state index contributed by atoms with van der Waals surface area (Å²) in [4.78, 5) is 0. The molecule has 0 amide bonds. The molecule has 0 spiro atoms. The number of nitrogens with zero attached hydrogens (tertiary/aromatic N) is 2. The van der Waals surface area contributed by atoms with E-state index in [1.807, 2.05) is 48.5 Å². The van der Waals surface area contributed by atoms with Gasteiger partial charge in [-0.1, -0.05) is 60.7 Å². The Morgan fingerprint density at radius 1 is 0.735 bits per heavy atom. The lowest BCUT2D eigenvalue weighted by molar-refractivity contribution is -0.685. The molecule has 34 heavy (non-hydrogen) atoms. The van der Waals surface area contributed by atoms with E-state index in [4.69, 9.17) is 4.74 Å². The molecular weight excluding hydrogens is 424 g/mol. The van der Waals surface area contributed by atoms with E-state index in [0.717, 1.165) is 46.9 Å². The van der Waals surface area contributed by atoms with Gasteiger partial charge in [-0.05, 0) is 54.1 Å². The second kappa shape index (κ2) is 9.75. The standard InChI is InChI=1S/C30H26FN2O/c1-34-28-18-16-27(17-19-28)33-22-32(21-20-23-8-4-2-5-9-23)29(25-12-14-26(31)15-13-25)30(33)24-10-6-3-7-11-24/h2-19,22H,20-21H2,1H3/q+1/i22+1. The summed E-state index contributed by atoms with van der Waals surface area (Å²) in [6.07, 6.45) is 3.03. The fourth-order valence-corrected chi connectivity index (χ4v) is 4.29. The lowest BCUT2D eigenvalue weighted by Crippen LogP contribution is -2.35. The van der Waals surface area contributed by atoms with E-state index in [1.165, 1.54) is 17.7 Å². The summed E-state index contributed by atoms with van der Waals surface area (Å²) in [6, 6.07) is 35.6. The molecule has 0 aliphatic rings. The summed E-state index contributed by atoms with van der Waals surface area (Å²) < 4.78 is 23.7. The number of rotatable bonds is 7. The van der Waals surface area contributed by atoms with E-state index < -0.39 is 0 Å². The predicted octanol–water partition coefficient (Wildman–Crippen LogP) is 6.49. The molecule has 1 heterocycles. The van der Waals surface area contributed by atoms with Gasteiger partial charge in [0.05, 0.1) is 13.7 Å². The Morgan fingerprint density at radius 3 is 2.03 bits per heavy atom. The van der Waals surface area contributed by atoms with E-state index in [0.29, 0.717) is 0 Å². The van der Waals surface area contributed by atoms with E-state index in [2.05, 4.69) is 64.0 Å². The smallest absolute Gasteiger partial charge is 0.250 e. The van der Waals surface area contributed by atoms with Gasteiger partial charge >= 0.3 is 0 Å². The van der Waals surface area contributed by atoms with Gasteiger partial charge in [-0.15, -0.1) is 0 Å². The number of aromatic nitrogens is 2. The van der Waals surface area contributed by atoms with Crippen molar-refractivity contribution >= 4 is 0 Å². The molecule has 5 rings (SSSR count). The number of ether oxygens (including phenoxy) is 1. The van der Waals surface area contributed by atoms with Gasteiger partial charge in [0.15, 0.2) is 11.4 Å². The summed E-state index contributed by atoms with van der Waals surface area (Å²) in [6.45, 7) is 0.791. The van der Waals surface area contributed by atoms with E-state index >= 15 is 0 Å². The van der Waals surface area contributed by atoms with Crippen molar-refractivity contribution < 1.29 is 13.7 Å². The van der Waals surface area contributed by atoms with Gasteiger partial charge in [0.25, 0.3) is 0 Å². The maximum atomic E-state index is 13.8. The van der Waals surface area contributed by atoms with Crippen molar-refractivity contribution in [2.75, 3.05) is 7.11 Å². The van der Waals surface area contributed by atoms with Crippen molar-refractivity contribution in [3.8, 4) is 34.0 Å². The molecule has 0 aliphatic heterocycles. The van der Waals surface area contributed by atoms with Crippen LogP contribution in [0.4, 0.5) is 4.39 Å². The molecule has 5 aromatic rings. The van der Waals surface area contributed by atoms with Crippen LogP contribution in [0.25, 0.3) is 28.2 Å². The molecule has 1 aromatic heterocycles. The average Bonchev–Trinajstić information content (AvgIpc) is 3.28. The zero-order valence-corrected chi connectivity index (χ0v) is 19.1. The lowest BCUT2D eigenvalue weighted by atomic mass is 10.0. The van der Waals surface area contributed by atoms with E-state index in [1.54, 1.807) is 7.11 Å². The van der Waals surface area contributed by atoms with Crippen LogP contribution in [0.3, 0.4) is 0 Å². The Labute approximate surface area is 199 Å². The van der Waals surface area contributed by atoms with Gasteiger partial charge in [0.2, 0.25) is 6.33 Å². The molecule has 3 nitrogen and oxygen atoms in total. The average molecular weight is 451 g/mol. The summed E-state index contributed by atoms with van der Waals surface area (Å²) in [5.41, 5.74) is 6.49. The Balaban J connectivity index is 1.70. The minimum absolute atomic E-state index is 0.240. The number of hydrogen-bond donors (Lipinski definition) is 0. The quantitative estimate of drug-likeness (QED) is 0.259. The van der Waals surface area contributed by atoms with Crippen molar-refractivity contribution in [1.29, 1.82) is 0 Å². The van der Waals surface area contributed by atoms with E-state index in [9.17, 15) is 4.39 Å². The lowest BCUT2D eigenvalue weighted by Gasteiger charge is -2.07. The maximum absolute atomic E-state index is 13.8. The highest BCUT2D eigenvalue weighted by atomic mass is 19.1. The maximum Gasteiger partial charge on any atom is 0.250 e. The third-order valence-corrected chi connectivity index (χ3v) is 6.01. The monoisotopic (exact) mass is 450 g/mol. The van der Waals surface area contributed by atoms with Crippen LogP contribution < -0.4 is 9.30 Å². The molecule has 0 aliphatic carbocycles. The molecule has 0 radical (unpaired) electrons. The largest absolute Gasteiger partial charge is 0.497 e. The molecule has 0 saturated carbocycles. The molecule has 0 N–H and O–H groups in total. The minimum atomic E-state index is -0.240. The molecule has 0 unspecified atom stereocenters. The normalized spacial score (nSPS) is 10.9. The third kappa shape index (κ3) is 4.48. The molecular formula is C30H26FN2O+. The van der Waals surface area contributed by atoms with Gasteiger partial charge < -0.3 is 4.74 Å². The van der Waals surface area contributed by atoms with Gasteiger partial charge in [-0.2, -0.15) is 4.57 Å². The number of imidazole rings is 1. The number of halogens is 1. The van der Waals surface area contributed by atoms with Crippen LogP contribution in [-0.4, -0.2) is 11.7 Å². The van der Waals surface area contributed by atoms with Gasteiger partial charge in [0.1, 0.15) is 17.3 Å². The second-order valence-corrected chi connectivity index (χ2v) is 8.18. The first-order valence-corrected chi connectivity index (χ1v) is 11.4. The first-order chi connectivity index (χ1) is 16.7. The van der Waals surface area contributed by atoms with Crippen molar-refractivity contribution in [3.63, 3.8) is 0 Å². The highest BCUT2D eigenvalue weighted by molar-refractivity contribution is 5.78. The number of aryl methyl sites for hydroxylation is 2. The zero-order valence-electron chi connectivity index (χ0n) is 19.1. The fourth-order valence-electron chi connectivity index (χ4n) is 4.29. The Bertz CT molecular complexity index is 1360. The Hall–Kier alpha value is -4.18. The Morgan fingerprint density at radius 2 is 1.38 bits per heavy atom. The highest BCUT2D eigenvalue weighted by Crippen LogP contribution is 2.33. The first kappa shape index (κ1) is 21.7. The number of methoxy groups -OCH3 is 1. The molecule has 4 aromatic carbocycles. The van der Waals surface area contributed by atoms with Crippen molar-refractivity contribution in [3.05, 3.63) is 127 Å². The molecule has 0 fully saturated rings. The molecule has 0 saturated heterocycles. The highest BCUT2D eigenvalue weighted by Gasteiger charge is 2.27. The summed E-state index contributed by atoms with van der Waals surface area (Å²) in [5, 5.41) is 0. The van der Waals surface area contributed by atoms with Crippen molar-refractivity contribution in [2.24, 2.45) is 0 Å². The molecule has 168 valence electrons. The summed E-state index contributed by atoms with van der Waals surface area (Å²) in [5.74, 6) is 0.573. The second-order valence-electron chi connectivity index (χ2n) is 8.18. The molecule has 4 heteroatoms. The van der Waals surface area contributed by atoms with Gasteiger partial charge in [0, 0.05) is 17.5 Å². The van der Waals surface area contributed by atoms with Crippen LogP contribution in [-0.2, 0) is 13.0 Å². The summed E-state index contributed by atoms with van der Waals surface area (Å²) >= 11 is 0. The van der Waals surface area contributed by atoms with Crippen LogP contribution in [0.15, 0.2) is 116 Å². The SMILES string of the molecule is COc1ccc(-n2[13cH][n+](CCc3ccccc3)c(-c3ccc(F)cc3)c2-c2ccccc2)cc1. The van der Waals surface area contributed by atoms with Crippen LogP contribution in [0, 0.1) is 5.82 Å².